The van der Waals surface area contributed by atoms with Crippen molar-refractivity contribution >= 4 is 17.4 Å². The first kappa shape index (κ1) is 26.5. The molecule has 1 amide bonds. The van der Waals surface area contributed by atoms with E-state index in [0.29, 0.717) is 30.1 Å². The highest BCUT2D eigenvalue weighted by Gasteiger charge is 2.22. The first-order chi connectivity index (χ1) is 16.8. The molecule has 0 spiro atoms. The maximum absolute atomic E-state index is 14.1. The Morgan fingerprint density at radius 1 is 1.09 bits per heavy atom. The predicted molar refractivity (Wildman–Crippen MR) is 135 cm³/mol. The quantitative estimate of drug-likeness (QED) is 0.380. The highest BCUT2D eigenvalue weighted by atomic mass is 19.1. The fraction of sp³-hybridized carbons (Fsp3) is 0.481. The van der Waals surface area contributed by atoms with Crippen molar-refractivity contribution in [3.63, 3.8) is 0 Å². The number of carbonyl (C=O) groups excluding carboxylic acids is 2. The molecule has 0 saturated carbocycles. The second-order valence-electron chi connectivity index (χ2n) is 8.79. The molecular formula is C27H36FN3O4. The summed E-state index contributed by atoms with van der Waals surface area (Å²) in [6, 6.07) is 9.52. The van der Waals surface area contributed by atoms with Gasteiger partial charge >= 0.3 is 0 Å². The number of hydrogen-bond acceptors (Lipinski definition) is 6. The van der Waals surface area contributed by atoms with Crippen molar-refractivity contribution in [1.29, 1.82) is 0 Å². The van der Waals surface area contributed by atoms with Gasteiger partial charge in [-0.2, -0.15) is 0 Å². The Morgan fingerprint density at radius 3 is 2.49 bits per heavy atom. The molecule has 1 unspecified atom stereocenters. The molecule has 1 heterocycles. The summed E-state index contributed by atoms with van der Waals surface area (Å²) in [6.07, 6.45) is 0.781. The number of methoxy groups -OCH3 is 1. The standard InChI is InChI=1S/C27H36FN3O4/c1-5-30-12-14-31(15-13-30)24-10-9-22(28)18-23(24)19(2)29-27(33)7-6-16-35-25-11-8-21(20(3)32)17-26(25)34-4/h8-11,17-19H,5-7,12-16H2,1-4H3,(H,29,33). The number of anilines is 1. The largest absolute Gasteiger partial charge is 0.493 e. The van der Waals surface area contributed by atoms with Crippen LogP contribution in [0.5, 0.6) is 11.5 Å². The van der Waals surface area contributed by atoms with Gasteiger partial charge in [0.25, 0.3) is 0 Å². The molecule has 190 valence electrons. The lowest BCUT2D eigenvalue weighted by Gasteiger charge is -2.37. The molecule has 1 atom stereocenters. The molecule has 0 aromatic heterocycles. The van der Waals surface area contributed by atoms with Gasteiger partial charge in [0.2, 0.25) is 5.91 Å². The van der Waals surface area contributed by atoms with Gasteiger partial charge in [0.15, 0.2) is 17.3 Å². The van der Waals surface area contributed by atoms with Crippen LogP contribution in [-0.2, 0) is 4.79 Å². The van der Waals surface area contributed by atoms with Crippen LogP contribution in [-0.4, -0.2) is 63.0 Å². The summed E-state index contributed by atoms with van der Waals surface area (Å²) in [5, 5.41) is 3.00. The number of hydrogen-bond donors (Lipinski definition) is 1. The monoisotopic (exact) mass is 485 g/mol. The summed E-state index contributed by atoms with van der Waals surface area (Å²) in [4.78, 5) is 28.8. The Kier molecular flexibility index (Phi) is 9.48. The zero-order valence-electron chi connectivity index (χ0n) is 21.1. The van der Waals surface area contributed by atoms with Crippen LogP contribution in [0.3, 0.4) is 0 Å². The van der Waals surface area contributed by atoms with E-state index in [4.69, 9.17) is 9.47 Å². The van der Waals surface area contributed by atoms with Crippen molar-refractivity contribution in [3.8, 4) is 11.5 Å². The molecule has 1 fully saturated rings. The van der Waals surface area contributed by atoms with E-state index in [1.165, 1.54) is 26.2 Å². The van der Waals surface area contributed by atoms with Crippen LogP contribution in [0.15, 0.2) is 36.4 Å². The molecule has 8 heteroatoms. The summed E-state index contributed by atoms with van der Waals surface area (Å²) in [7, 11) is 1.52. The van der Waals surface area contributed by atoms with Gasteiger partial charge in [0, 0.05) is 49.4 Å². The van der Waals surface area contributed by atoms with E-state index >= 15 is 0 Å². The van der Waals surface area contributed by atoms with E-state index in [-0.39, 0.29) is 30.0 Å². The SMILES string of the molecule is CCN1CCN(c2ccc(F)cc2C(C)NC(=O)CCCOc2ccc(C(C)=O)cc2OC)CC1. The zero-order chi connectivity index (χ0) is 25.4. The van der Waals surface area contributed by atoms with Gasteiger partial charge in [-0.1, -0.05) is 6.92 Å². The number of carbonyl (C=O) groups is 2. The van der Waals surface area contributed by atoms with E-state index in [2.05, 4.69) is 22.0 Å². The van der Waals surface area contributed by atoms with E-state index in [1.807, 2.05) is 13.0 Å². The molecule has 0 bridgehead atoms. The van der Waals surface area contributed by atoms with Crippen LogP contribution in [0.2, 0.25) is 0 Å². The first-order valence-corrected chi connectivity index (χ1v) is 12.2. The van der Waals surface area contributed by atoms with Crippen LogP contribution in [0, 0.1) is 5.82 Å². The minimum Gasteiger partial charge on any atom is -0.493 e. The number of Topliss-reactive ketones (excluding diaryl/α,β-unsaturated/α-hetero) is 1. The number of nitrogens with one attached hydrogen (secondary N) is 1. The van der Waals surface area contributed by atoms with Crippen LogP contribution < -0.4 is 19.7 Å². The van der Waals surface area contributed by atoms with Crippen LogP contribution >= 0.6 is 0 Å². The fourth-order valence-electron chi connectivity index (χ4n) is 4.28. The average Bonchev–Trinajstić information content (AvgIpc) is 2.86. The van der Waals surface area contributed by atoms with Gasteiger partial charge in [-0.05, 0) is 63.2 Å². The second kappa shape index (κ2) is 12.5. The molecule has 1 saturated heterocycles. The summed E-state index contributed by atoms with van der Waals surface area (Å²) in [6.45, 7) is 10.6. The summed E-state index contributed by atoms with van der Waals surface area (Å²) >= 11 is 0. The topological polar surface area (TPSA) is 71.1 Å². The second-order valence-corrected chi connectivity index (χ2v) is 8.79. The Labute approximate surface area is 207 Å². The number of rotatable bonds is 11. The third-order valence-electron chi connectivity index (χ3n) is 6.37. The highest BCUT2D eigenvalue weighted by molar-refractivity contribution is 5.94. The predicted octanol–water partition coefficient (Wildman–Crippen LogP) is 4.22. The number of halogens is 1. The highest BCUT2D eigenvalue weighted by Crippen LogP contribution is 2.30. The molecule has 1 N–H and O–H groups in total. The lowest BCUT2D eigenvalue weighted by atomic mass is 10.0. The van der Waals surface area contributed by atoms with Crippen molar-refractivity contribution in [2.75, 3.05) is 51.3 Å². The number of ether oxygens (including phenoxy) is 2. The average molecular weight is 486 g/mol. The van der Waals surface area contributed by atoms with Crippen molar-refractivity contribution in [2.45, 2.75) is 39.7 Å². The Bertz CT molecular complexity index is 1020. The third kappa shape index (κ3) is 7.18. The fourth-order valence-corrected chi connectivity index (χ4v) is 4.28. The number of nitrogens with zero attached hydrogens (tertiary/aromatic N) is 2. The number of benzene rings is 2. The number of ketones is 1. The van der Waals surface area contributed by atoms with Crippen LogP contribution in [0.1, 0.15) is 55.6 Å². The first-order valence-electron chi connectivity index (χ1n) is 12.2. The van der Waals surface area contributed by atoms with Crippen molar-refractivity contribution in [3.05, 3.63) is 53.3 Å². The summed E-state index contributed by atoms with van der Waals surface area (Å²) in [5.74, 6) is 0.527. The van der Waals surface area contributed by atoms with E-state index in [9.17, 15) is 14.0 Å². The Balaban J connectivity index is 1.53. The van der Waals surface area contributed by atoms with E-state index < -0.39 is 0 Å². The van der Waals surface area contributed by atoms with Gasteiger partial charge < -0.3 is 24.6 Å². The van der Waals surface area contributed by atoms with Gasteiger partial charge in [0.05, 0.1) is 19.8 Å². The summed E-state index contributed by atoms with van der Waals surface area (Å²) in [5.41, 5.74) is 2.31. The number of amides is 1. The van der Waals surface area contributed by atoms with Gasteiger partial charge in [-0.3, -0.25) is 9.59 Å². The van der Waals surface area contributed by atoms with Crippen LogP contribution in [0.4, 0.5) is 10.1 Å². The summed E-state index contributed by atoms with van der Waals surface area (Å²) < 4.78 is 25.1. The van der Waals surface area contributed by atoms with Gasteiger partial charge in [-0.15, -0.1) is 0 Å². The van der Waals surface area contributed by atoms with Crippen molar-refractivity contribution < 1.29 is 23.5 Å². The normalized spacial score (nSPS) is 14.9. The lowest BCUT2D eigenvalue weighted by molar-refractivity contribution is -0.121. The Morgan fingerprint density at radius 2 is 1.83 bits per heavy atom. The van der Waals surface area contributed by atoms with E-state index in [0.717, 1.165) is 44.0 Å². The zero-order valence-corrected chi connectivity index (χ0v) is 21.1. The third-order valence-corrected chi connectivity index (χ3v) is 6.37. The van der Waals surface area contributed by atoms with Gasteiger partial charge in [0.1, 0.15) is 5.82 Å². The molecule has 2 aromatic rings. The van der Waals surface area contributed by atoms with Crippen molar-refractivity contribution in [1.82, 2.24) is 10.2 Å². The molecule has 35 heavy (non-hydrogen) atoms. The molecule has 2 aromatic carbocycles. The number of piperazine rings is 1. The van der Waals surface area contributed by atoms with Crippen molar-refractivity contribution in [2.24, 2.45) is 0 Å². The molecule has 1 aliphatic rings. The molecule has 1 aliphatic heterocycles. The molecule has 0 radical (unpaired) electrons. The minimum atomic E-state index is -0.322. The number of likely N-dealkylation sites (N-methyl/N-ethyl adjacent to an activating group) is 1. The molecular weight excluding hydrogens is 449 g/mol. The maximum atomic E-state index is 14.1. The molecule has 7 nitrogen and oxygen atoms in total. The Hall–Kier alpha value is -3.13. The maximum Gasteiger partial charge on any atom is 0.220 e. The van der Waals surface area contributed by atoms with Crippen LogP contribution in [0.25, 0.3) is 0 Å². The molecule has 0 aliphatic carbocycles. The smallest absolute Gasteiger partial charge is 0.220 e. The van der Waals surface area contributed by atoms with Gasteiger partial charge in [-0.25, -0.2) is 4.39 Å². The minimum absolute atomic E-state index is 0.0506. The van der Waals surface area contributed by atoms with E-state index in [1.54, 1.807) is 18.2 Å². The molecule has 3 rings (SSSR count). The lowest BCUT2D eigenvalue weighted by Crippen LogP contribution is -2.46.